The molecule has 1 aromatic heterocycles. The Morgan fingerprint density at radius 2 is 2.17 bits per heavy atom. The van der Waals surface area contributed by atoms with Crippen molar-refractivity contribution >= 4 is 72.6 Å². The quantitative estimate of drug-likeness (QED) is 0.510. The van der Waals surface area contributed by atoms with E-state index in [1.165, 1.54) is 18.1 Å². The highest BCUT2D eigenvalue weighted by atomic mass is 127. The molecule has 2 aromatic rings. The van der Waals surface area contributed by atoms with Crippen LogP contribution in [0.25, 0.3) is 10.1 Å². The average Bonchev–Trinajstić information content (AvgIpc) is 2.41. The molecular weight excluding hydrogens is 367 g/mol. The Bertz CT molecular complexity index is 436. The fourth-order valence-corrected chi connectivity index (χ4v) is 3.58. The lowest BCUT2D eigenvalue weighted by Gasteiger charge is -1.97. The number of fused-ring (bicyclic) bond motifs is 1. The van der Waals surface area contributed by atoms with E-state index >= 15 is 0 Å². The summed E-state index contributed by atoms with van der Waals surface area (Å²) in [6, 6.07) is 4.21. The van der Waals surface area contributed by atoms with E-state index in [9.17, 15) is 0 Å². The maximum Gasteiger partial charge on any atom is 0.0507 e. The van der Waals surface area contributed by atoms with Crippen molar-refractivity contribution in [1.29, 1.82) is 0 Å². The van der Waals surface area contributed by atoms with Crippen molar-refractivity contribution in [3.63, 3.8) is 0 Å². The molecule has 0 amide bonds. The molecule has 62 valence electrons. The second-order valence-corrected chi connectivity index (χ2v) is 5.68. The van der Waals surface area contributed by atoms with Gasteiger partial charge in [0.05, 0.1) is 4.70 Å². The third kappa shape index (κ3) is 1.42. The number of hydrogen-bond acceptors (Lipinski definition) is 2. The normalized spacial score (nSPS) is 10.9. The van der Waals surface area contributed by atoms with Crippen LogP contribution in [-0.4, -0.2) is 0 Å². The maximum absolute atomic E-state index is 4.37. The summed E-state index contributed by atoms with van der Waals surface area (Å²) in [6.45, 7) is 0. The van der Waals surface area contributed by atoms with Crippen molar-refractivity contribution < 1.29 is 0 Å². The molecule has 4 heteroatoms. The zero-order valence-electron chi connectivity index (χ0n) is 5.84. The van der Waals surface area contributed by atoms with Gasteiger partial charge < -0.3 is 0 Å². The van der Waals surface area contributed by atoms with Gasteiger partial charge in [-0.05, 0) is 44.6 Å². The minimum atomic E-state index is 1.06. The van der Waals surface area contributed by atoms with Crippen LogP contribution in [0, 0.1) is 3.57 Å². The first kappa shape index (κ1) is 9.30. The number of hydrogen-bond donors (Lipinski definition) is 1. The van der Waals surface area contributed by atoms with Gasteiger partial charge in [0, 0.05) is 23.7 Å². The Morgan fingerprint density at radius 1 is 1.42 bits per heavy atom. The molecule has 0 aliphatic heterocycles. The van der Waals surface area contributed by atoms with Crippen molar-refractivity contribution in [3.8, 4) is 0 Å². The molecule has 0 radical (unpaired) electrons. The second kappa shape index (κ2) is 3.48. The average molecular weight is 371 g/mol. The molecule has 1 heterocycles. The molecule has 0 N–H and O–H groups in total. The van der Waals surface area contributed by atoms with Crippen LogP contribution >= 0.6 is 62.5 Å². The van der Waals surface area contributed by atoms with E-state index in [1.807, 2.05) is 0 Å². The van der Waals surface area contributed by atoms with E-state index in [4.69, 9.17) is 0 Å². The molecule has 0 aliphatic rings. The van der Waals surface area contributed by atoms with E-state index in [2.05, 4.69) is 68.7 Å². The third-order valence-corrected chi connectivity index (χ3v) is 5.90. The van der Waals surface area contributed by atoms with Gasteiger partial charge in [-0.15, -0.1) is 24.0 Å². The predicted octanol–water partition coefficient (Wildman–Crippen LogP) is 4.56. The van der Waals surface area contributed by atoms with Crippen LogP contribution in [0.15, 0.2) is 26.9 Å². The minimum absolute atomic E-state index is 1.06. The summed E-state index contributed by atoms with van der Waals surface area (Å²) in [6.07, 6.45) is 0. The molecule has 0 nitrogen and oxygen atoms in total. The number of halogens is 2. The lowest BCUT2D eigenvalue weighted by atomic mass is 10.3. The summed E-state index contributed by atoms with van der Waals surface area (Å²) in [4.78, 5) is 1.06. The Balaban J connectivity index is 2.93. The van der Waals surface area contributed by atoms with Crippen molar-refractivity contribution in [2.75, 3.05) is 0 Å². The van der Waals surface area contributed by atoms with Crippen molar-refractivity contribution in [2.24, 2.45) is 0 Å². The zero-order chi connectivity index (χ0) is 8.72. The summed E-state index contributed by atoms with van der Waals surface area (Å²) in [5.41, 5.74) is 0. The van der Waals surface area contributed by atoms with Gasteiger partial charge in [0.2, 0.25) is 0 Å². The Hall–Kier alpha value is 0.740. The van der Waals surface area contributed by atoms with Crippen LogP contribution in [0.5, 0.6) is 0 Å². The fourth-order valence-electron chi connectivity index (χ4n) is 1.03. The van der Waals surface area contributed by atoms with Crippen LogP contribution < -0.4 is 0 Å². The molecule has 0 saturated carbocycles. The molecule has 0 spiro atoms. The van der Waals surface area contributed by atoms with Gasteiger partial charge in [0.1, 0.15) is 0 Å². The van der Waals surface area contributed by atoms with Gasteiger partial charge in [0.15, 0.2) is 0 Å². The minimum Gasteiger partial charge on any atom is -0.142 e. The van der Waals surface area contributed by atoms with Crippen molar-refractivity contribution in [1.82, 2.24) is 0 Å². The highest BCUT2D eigenvalue weighted by Crippen LogP contribution is 2.36. The van der Waals surface area contributed by atoms with Crippen LogP contribution in [-0.2, 0) is 0 Å². The lowest BCUT2D eigenvalue weighted by Crippen LogP contribution is -1.73. The summed E-state index contributed by atoms with van der Waals surface area (Å²) in [7, 11) is 0. The number of rotatable bonds is 0. The molecule has 0 bridgehead atoms. The van der Waals surface area contributed by atoms with E-state index in [0.717, 1.165) is 4.90 Å². The van der Waals surface area contributed by atoms with E-state index < -0.39 is 0 Å². The number of thiophene rings is 1. The second-order valence-electron chi connectivity index (χ2n) is 2.36. The fraction of sp³-hybridized carbons (Fsp3) is 0. The monoisotopic (exact) mass is 370 g/mol. The van der Waals surface area contributed by atoms with Gasteiger partial charge in [-0.25, -0.2) is 0 Å². The molecule has 1 aromatic carbocycles. The van der Waals surface area contributed by atoms with Crippen molar-refractivity contribution in [3.05, 3.63) is 25.6 Å². The van der Waals surface area contributed by atoms with Crippen LogP contribution in [0.4, 0.5) is 0 Å². The Kier molecular flexibility index (Phi) is 2.69. The first-order valence-electron chi connectivity index (χ1n) is 3.24. The van der Waals surface area contributed by atoms with Crippen molar-refractivity contribution in [2.45, 2.75) is 4.90 Å². The highest BCUT2D eigenvalue weighted by molar-refractivity contribution is 14.1. The molecule has 0 unspecified atom stereocenters. The topological polar surface area (TPSA) is 0 Å². The predicted molar refractivity (Wildman–Crippen MR) is 69.5 cm³/mol. The third-order valence-electron chi connectivity index (χ3n) is 1.61. The first-order chi connectivity index (χ1) is 5.70. The molecular formula is C8H4BrIS2. The maximum atomic E-state index is 4.37. The van der Waals surface area contributed by atoms with Gasteiger partial charge in [-0.1, -0.05) is 6.07 Å². The highest BCUT2D eigenvalue weighted by Gasteiger charge is 2.06. The van der Waals surface area contributed by atoms with Crippen LogP contribution in [0.1, 0.15) is 0 Å². The first-order valence-corrected chi connectivity index (χ1v) is 6.44. The molecule has 0 aliphatic carbocycles. The Labute approximate surface area is 102 Å². The Morgan fingerprint density at radius 3 is 2.92 bits per heavy atom. The molecule has 2 rings (SSSR count). The largest absolute Gasteiger partial charge is 0.142 e. The van der Waals surface area contributed by atoms with E-state index in [0.29, 0.717) is 0 Å². The van der Waals surface area contributed by atoms with Gasteiger partial charge >= 0.3 is 0 Å². The van der Waals surface area contributed by atoms with E-state index in [-0.39, 0.29) is 0 Å². The summed E-state index contributed by atoms with van der Waals surface area (Å²) in [5, 5.41) is 3.30. The zero-order valence-corrected chi connectivity index (χ0v) is 11.3. The van der Waals surface area contributed by atoms with Crippen LogP contribution in [0.3, 0.4) is 0 Å². The summed E-state index contributed by atoms with van der Waals surface area (Å²) < 4.78 is 3.72. The van der Waals surface area contributed by atoms with E-state index in [1.54, 1.807) is 11.3 Å². The molecule has 12 heavy (non-hydrogen) atoms. The lowest BCUT2D eigenvalue weighted by molar-refractivity contribution is 1.63. The SMILES string of the molecule is Sc1csc2c(Br)c(I)ccc12. The summed E-state index contributed by atoms with van der Waals surface area (Å²) >= 11 is 12.0. The molecule has 0 saturated heterocycles. The van der Waals surface area contributed by atoms with Gasteiger partial charge in [-0.3, -0.25) is 0 Å². The number of thiol groups is 1. The number of benzene rings is 1. The van der Waals surface area contributed by atoms with Crippen LogP contribution in [0.2, 0.25) is 0 Å². The summed E-state index contributed by atoms with van der Waals surface area (Å²) in [5.74, 6) is 0. The smallest absolute Gasteiger partial charge is 0.0507 e. The molecule has 0 atom stereocenters. The van der Waals surface area contributed by atoms with Gasteiger partial charge in [-0.2, -0.15) is 0 Å². The van der Waals surface area contributed by atoms with Gasteiger partial charge in [0.25, 0.3) is 0 Å². The molecule has 0 fully saturated rings. The standard InChI is InChI=1S/C8H4BrIS2/c9-7-5(10)2-1-4-6(11)3-12-8(4)7/h1-3,11H.